The number of carbonyl (C=O) groups excluding carboxylic acids is 1. The predicted molar refractivity (Wildman–Crippen MR) is 90.7 cm³/mol. The van der Waals surface area contributed by atoms with Gasteiger partial charge in [-0.1, -0.05) is 6.92 Å². The van der Waals surface area contributed by atoms with Crippen molar-refractivity contribution in [3.63, 3.8) is 0 Å². The minimum absolute atomic E-state index is 0.0984. The Morgan fingerprint density at radius 3 is 2.33 bits per heavy atom. The van der Waals surface area contributed by atoms with E-state index in [9.17, 15) is 18.0 Å². The number of nitrogens with zero attached hydrogens (tertiary/aromatic N) is 2. The van der Waals surface area contributed by atoms with E-state index >= 15 is 0 Å². The Balaban J connectivity index is 0.000000445. The van der Waals surface area contributed by atoms with E-state index in [1.165, 1.54) is 20.0 Å². The monoisotopic (exact) mass is 394 g/mol. The lowest BCUT2D eigenvalue weighted by Gasteiger charge is -2.31. The molecule has 1 saturated heterocycles. The summed E-state index contributed by atoms with van der Waals surface area (Å²) in [7, 11) is 3.33. The Morgan fingerprint density at radius 1 is 1.33 bits per heavy atom. The Labute approximate surface area is 155 Å². The minimum atomic E-state index is -5.08. The second kappa shape index (κ2) is 10.2. The van der Waals surface area contributed by atoms with Crippen LogP contribution in [0.3, 0.4) is 0 Å². The number of aliphatic carboxylic acids is 1. The van der Waals surface area contributed by atoms with E-state index in [1.54, 1.807) is 17.0 Å². The smallest absolute Gasteiger partial charge is 0.475 e. The van der Waals surface area contributed by atoms with Gasteiger partial charge in [-0.2, -0.15) is 13.2 Å². The van der Waals surface area contributed by atoms with Crippen molar-refractivity contribution in [2.75, 3.05) is 40.3 Å². The van der Waals surface area contributed by atoms with Crippen LogP contribution in [0.25, 0.3) is 0 Å². The van der Waals surface area contributed by atoms with Crippen LogP contribution in [0.5, 0.6) is 5.95 Å². The number of likely N-dealkylation sites (N-methyl/N-ethyl adjacent to an activating group) is 1. The van der Waals surface area contributed by atoms with Gasteiger partial charge in [-0.25, -0.2) is 4.79 Å². The first-order valence-electron chi connectivity index (χ1n) is 8.46. The molecule has 7 nitrogen and oxygen atoms in total. The molecule has 0 spiro atoms. The van der Waals surface area contributed by atoms with Gasteiger partial charge in [0.25, 0.3) is 11.9 Å². The van der Waals surface area contributed by atoms with Crippen LogP contribution in [0.2, 0.25) is 0 Å². The van der Waals surface area contributed by atoms with Crippen molar-refractivity contribution >= 4 is 11.9 Å². The number of carbonyl (C=O) groups is 2. The molecule has 1 aliphatic rings. The van der Waals surface area contributed by atoms with Gasteiger partial charge in [0.1, 0.15) is 0 Å². The first-order chi connectivity index (χ1) is 12.5. The number of alkyl halides is 3. The lowest BCUT2D eigenvalue weighted by atomic mass is 9.99. The van der Waals surface area contributed by atoms with Crippen LogP contribution in [-0.4, -0.2) is 73.3 Å². The van der Waals surface area contributed by atoms with Crippen LogP contribution in [-0.2, 0) is 4.79 Å². The number of furan rings is 1. The quantitative estimate of drug-likeness (QED) is 0.827. The molecule has 0 aliphatic carbocycles. The third-order valence-electron chi connectivity index (χ3n) is 4.21. The van der Waals surface area contributed by atoms with Crippen LogP contribution in [0.1, 0.15) is 30.3 Å². The average molecular weight is 394 g/mol. The van der Waals surface area contributed by atoms with Crippen LogP contribution < -0.4 is 4.74 Å². The van der Waals surface area contributed by atoms with Crippen LogP contribution in [0, 0.1) is 5.92 Å². The summed E-state index contributed by atoms with van der Waals surface area (Å²) in [4.78, 5) is 25.2. The van der Waals surface area contributed by atoms with E-state index in [1.807, 2.05) is 7.05 Å². The van der Waals surface area contributed by atoms with Gasteiger partial charge in [-0.15, -0.1) is 0 Å². The first-order valence-corrected chi connectivity index (χ1v) is 8.46. The van der Waals surface area contributed by atoms with Crippen molar-refractivity contribution in [2.24, 2.45) is 5.92 Å². The van der Waals surface area contributed by atoms with E-state index < -0.39 is 12.1 Å². The zero-order valence-corrected chi connectivity index (χ0v) is 15.6. The SMILES string of the molecule is COc1ccc(C(=O)N(C)CCN2CCC(C)CC2)o1.O=C(O)C(F)(F)F. The summed E-state index contributed by atoms with van der Waals surface area (Å²) in [5.41, 5.74) is 0. The van der Waals surface area contributed by atoms with E-state index in [0.29, 0.717) is 11.7 Å². The molecular weight excluding hydrogens is 369 g/mol. The number of methoxy groups -OCH3 is 1. The zero-order chi connectivity index (χ0) is 20.6. The third kappa shape index (κ3) is 7.90. The number of carboxylic acid groups (broad SMARTS) is 1. The van der Waals surface area contributed by atoms with E-state index in [2.05, 4.69) is 11.8 Å². The summed E-state index contributed by atoms with van der Waals surface area (Å²) >= 11 is 0. The molecular formula is C17H25F3N2O5. The van der Waals surface area contributed by atoms with Crippen molar-refractivity contribution in [3.8, 4) is 5.95 Å². The van der Waals surface area contributed by atoms with Gasteiger partial charge in [0, 0.05) is 26.2 Å². The molecule has 2 heterocycles. The maximum absolute atomic E-state index is 12.2. The van der Waals surface area contributed by atoms with Crippen LogP contribution in [0.15, 0.2) is 16.5 Å². The molecule has 0 saturated carbocycles. The third-order valence-corrected chi connectivity index (χ3v) is 4.21. The van der Waals surface area contributed by atoms with Crippen LogP contribution >= 0.6 is 0 Å². The fourth-order valence-corrected chi connectivity index (χ4v) is 2.41. The summed E-state index contributed by atoms with van der Waals surface area (Å²) in [6.45, 7) is 6.22. The number of ether oxygens (including phenoxy) is 1. The Morgan fingerprint density at radius 2 is 1.89 bits per heavy atom. The summed E-state index contributed by atoms with van der Waals surface area (Å²) in [5.74, 6) is -1.32. The van der Waals surface area contributed by atoms with Gasteiger partial charge >= 0.3 is 12.1 Å². The maximum atomic E-state index is 12.2. The topological polar surface area (TPSA) is 83.2 Å². The molecule has 1 amide bonds. The van der Waals surface area contributed by atoms with Crippen molar-refractivity contribution in [3.05, 3.63) is 17.9 Å². The standard InChI is InChI=1S/C15H24N2O3.C2HF3O2/c1-12-6-8-17(9-7-12)11-10-16(2)15(18)13-4-5-14(19-3)20-13;3-2(4,5)1(6)7/h4-5,12H,6-11H2,1-3H3;(H,6,7). The number of rotatable bonds is 5. The van der Waals surface area contributed by atoms with Gasteiger partial charge in [0.05, 0.1) is 7.11 Å². The molecule has 27 heavy (non-hydrogen) atoms. The number of piperidine rings is 1. The number of carboxylic acids is 1. The zero-order valence-electron chi connectivity index (χ0n) is 15.6. The van der Waals surface area contributed by atoms with Crippen molar-refractivity contribution in [1.29, 1.82) is 0 Å². The molecule has 154 valence electrons. The van der Waals surface area contributed by atoms with E-state index in [0.717, 1.165) is 32.1 Å². The summed E-state index contributed by atoms with van der Waals surface area (Å²) in [6, 6.07) is 3.31. The molecule has 0 unspecified atom stereocenters. The normalized spacial score (nSPS) is 15.6. The maximum Gasteiger partial charge on any atom is 0.490 e. The number of likely N-dealkylation sites (tertiary alicyclic amines) is 1. The van der Waals surface area contributed by atoms with Crippen molar-refractivity contribution < 1.29 is 37.0 Å². The molecule has 0 radical (unpaired) electrons. The second-order valence-corrected chi connectivity index (χ2v) is 6.38. The van der Waals surface area contributed by atoms with Gasteiger partial charge in [0.15, 0.2) is 5.76 Å². The molecule has 0 bridgehead atoms. The predicted octanol–water partition coefficient (Wildman–Crippen LogP) is 2.73. The highest BCUT2D eigenvalue weighted by atomic mass is 19.4. The Kier molecular flexibility index (Phi) is 8.61. The molecule has 1 N–H and O–H groups in total. The molecule has 1 aliphatic heterocycles. The molecule has 2 rings (SSSR count). The number of hydrogen-bond acceptors (Lipinski definition) is 5. The van der Waals surface area contributed by atoms with Crippen molar-refractivity contribution in [2.45, 2.75) is 25.9 Å². The fourth-order valence-electron chi connectivity index (χ4n) is 2.41. The minimum Gasteiger partial charge on any atom is -0.475 e. The molecule has 1 aromatic rings. The molecule has 1 fully saturated rings. The molecule has 0 atom stereocenters. The van der Waals surface area contributed by atoms with Gasteiger partial charge in [-0.05, 0) is 37.9 Å². The van der Waals surface area contributed by atoms with Gasteiger partial charge in [0.2, 0.25) is 0 Å². The fraction of sp³-hybridized carbons (Fsp3) is 0.647. The Bertz CT molecular complexity index is 610. The lowest BCUT2D eigenvalue weighted by molar-refractivity contribution is -0.192. The summed E-state index contributed by atoms with van der Waals surface area (Å²) < 4.78 is 42.0. The molecule has 1 aromatic heterocycles. The average Bonchev–Trinajstić information content (AvgIpc) is 3.09. The molecule has 0 aromatic carbocycles. The van der Waals surface area contributed by atoms with Crippen LogP contribution in [0.4, 0.5) is 13.2 Å². The van der Waals surface area contributed by atoms with Gasteiger partial charge < -0.3 is 24.1 Å². The summed E-state index contributed by atoms with van der Waals surface area (Å²) in [5, 5.41) is 7.12. The highest BCUT2D eigenvalue weighted by Crippen LogP contribution is 2.18. The largest absolute Gasteiger partial charge is 0.490 e. The van der Waals surface area contributed by atoms with E-state index in [4.69, 9.17) is 19.1 Å². The molecule has 10 heteroatoms. The highest BCUT2D eigenvalue weighted by molar-refractivity contribution is 5.91. The first kappa shape index (κ1) is 22.8. The number of halogens is 3. The number of hydrogen-bond donors (Lipinski definition) is 1. The Hall–Kier alpha value is -2.23. The van der Waals surface area contributed by atoms with E-state index in [-0.39, 0.29) is 5.91 Å². The second-order valence-electron chi connectivity index (χ2n) is 6.38. The lowest BCUT2D eigenvalue weighted by Crippen LogP contribution is -2.39. The number of amides is 1. The summed E-state index contributed by atoms with van der Waals surface area (Å²) in [6.07, 6.45) is -2.57. The highest BCUT2D eigenvalue weighted by Gasteiger charge is 2.38. The van der Waals surface area contributed by atoms with Gasteiger partial charge in [-0.3, -0.25) is 4.79 Å². The van der Waals surface area contributed by atoms with Crippen molar-refractivity contribution in [1.82, 2.24) is 9.80 Å².